The number of amides is 3. The molecule has 0 aromatic carbocycles. The first kappa shape index (κ1) is 18.1. The van der Waals surface area contributed by atoms with Crippen LogP contribution in [0, 0.1) is 11.8 Å². The molecule has 28 heavy (non-hydrogen) atoms. The van der Waals surface area contributed by atoms with Crippen molar-refractivity contribution >= 4 is 40.4 Å². The molecular weight excluding hydrogens is 392 g/mol. The maximum absolute atomic E-state index is 13.3. The van der Waals surface area contributed by atoms with E-state index >= 15 is 0 Å². The Bertz CT molecular complexity index is 896. The average molecular weight is 415 g/mol. The van der Waals surface area contributed by atoms with Crippen LogP contribution >= 0.6 is 22.7 Å². The first-order valence-corrected chi connectivity index (χ1v) is 11.7. The average Bonchev–Trinajstić information content (AvgIpc) is 3.45. The zero-order chi connectivity index (χ0) is 19.3. The van der Waals surface area contributed by atoms with E-state index in [2.05, 4.69) is 17.5 Å². The summed E-state index contributed by atoms with van der Waals surface area (Å²) >= 11 is 3.38. The van der Waals surface area contributed by atoms with Crippen molar-refractivity contribution in [1.29, 1.82) is 0 Å². The minimum atomic E-state index is -0.202. The van der Waals surface area contributed by atoms with Crippen molar-refractivity contribution in [2.75, 3.05) is 13.1 Å². The van der Waals surface area contributed by atoms with Crippen LogP contribution in [0.15, 0.2) is 29.0 Å². The zero-order valence-corrected chi connectivity index (χ0v) is 17.1. The lowest BCUT2D eigenvalue weighted by Crippen LogP contribution is -2.46. The first-order valence-electron chi connectivity index (χ1n) is 9.89. The van der Waals surface area contributed by atoms with Crippen LogP contribution in [0.25, 0.3) is 0 Å². The first-order chi connectivity index (χ1) is 13.6. The number of carbonyl (C=O) groups is 3. The van der Waals surface area contributed by atoms with Gasteiger partial charge in [0.05, 0.1) is 17.9 Å². The zero-order valence-electron chi connectivity index (χ0n) is 15.5. The quantitative estimate of drug-likeness (QED) is 0.723. The van der Waals surface area contributed by atoms with Crippen molar-refractivity contribution in [3.05, 3.63) is 44.3 Å². The highest BCUT2D eigenvalue weighted by Crippen LogP contribution is 2.41. The standard InChI is InChI=1S/C21H22N2O3S2/c24-18(12-23-20(25)13-4-1-2-5-14(13)21(23)26)22-9-7-16-15(8-11-28-16)19(22)17-6-3-10-27-17/h3,6,8,10-11,13-14,19H,1-2,4-5,7,9,12H2. The van der Waals surface area contributed by atoms with Crippen LogP contribution in [0.1, 0.15) is 47.0 Å². The van der Waals surface area contributed by atoms with Gasteiger partial charge in [0.15, 0.2) is 0 Å². The van der Waals surface area contributed by atoms with Crippen molar-refractivity contribution in [2.24, 2.45) is 11.8 Å². The Hall–Kier alpha value is -1.99. The number of likely N-dealkylation sites (tertiary alicyclic amines) is 1. The summed E-state index contributed by atoms with van der Waals surface area (Å²) in [4.78, 5) is 44.4. The van der Waals surface area contributed by atoms with E-state index in [1.165, 1.54) is 15.3 Å². The lowest BCUT2D eigenvalue weighted by atomic mass is 9.81. The van der Waals surface area contributed by atoms with Gasteiger partial charge < -0.3 is 4.90 Å². The lowest BCUT2D eigenvalue weighted by Gasteiger charge is -2.36. The molecule has 3 atom stereocenters. The van der Waals surface area contributed by atoms with E-state index in [1.807, 2.05) is 16.3 Å². The summed E-state index contributed by atoms with van der Waals surface area (Å²) in [7, 11) is 0. The fourth-order valence-corrected chi connectivity index (χ4v) is 6.71. The van der Waals surface area contributed by atoms with Gasteiger partial charge in [-0.3, -0.25) is 19.3 Å². The Morgan fingerprint density at radius 1 is 1.04 bits per heavy atom. The molecule has 5 nitrogen and oxygen atoms in total. The minimum absolute atomic E-state index is 0.113. The number of nitrogens with zero attached hydrogens (tertiary/aromatic N) is 2. The van der Waals surface area contributed by atoms with Crippen molar-refractivity contribution < 1.29 is 14.4 Å². The van der Waals surface area contributed by atoms with Crippen LogP contribution in [0.3, 0.4) is 0 Å². The molecule has 0 N–H and O–H groups in total. The van der Waals surface area contributed by atoms with Gasteiger partial charge in [0.25, 0.3) is 0 Å². The molecule has 2 aromatic heterocycles. The summed E-state index contributed by atoms with van der Waals surface area (Å²) in [6, 6.07) is 6.05. The van der Waals surface area contributed by atoms with E-state index in [4.69, 9.17) is 0 Å². The van der Waals surface area contributed by atoms with Gasteiger partial charge in [0.1, 0.15) is 6.54 Å². The number of hydrogen-bond acceptors (Lipinski definition) is 5. The van der Waals surface area contributed by atoms with Gasteiger partial charge in [-0.05, 0) is 47.7 Å². The number of hydrogen-bond donors (Lipinski definition) is 0. The van der Waals surface area contributed by atoms with E-state index in [0.717, 1.165) is 37.0 Å². The molecule has 1 saturated carbocycles. The predicted molar refractivity (Wildman–Crippen MR) is 108 cm³/mol. The fraction of sp³-hybridized carbons (Fsp3) is 0.476. The van der Waals surface area contributed by atoms with E-state index in [0.29, 0.717) is 6.54 Å². The molecular formula is C21H22N2O3S2. The summed E-state index contributed by atoms with van der Waals surface area (Å²) in [6.07, 6.45) is 4.37. The highest BCUT2D eigenvalue weighted by molar-refractivity contribution is 7.10. The Morgan fingerprint density at radius 2 is 1.79 bits per heavy atom. The number of carbonyl (C=O) groups excluding carboxylic acids is 3. The Kier molecular flexibility index (Phi) is 4.59. The molecule has 7 heteroatoms. The van der Waals surface area contributed by atoms with Crippen LogP contribution in [0.5, 0.6) is 0 Å². The normalized spacial score (nSPS) is 27.1. The molecule has 1 aliphatic carbocycles. The van der Waals surface area contributed by atoms with Gasteiger partial charge in [0, 0.05) is 16.3 Å². The predicted octanol–water partition coefficient (Wildman–Crippen LogP) is 3.46. The Balaban J connectivity index is 1.40. The monoisotopic (exact) mass is 414 g/mol. The second-order valence-electron chi connectivity index (χ2n) is 7.81. The molecule has 146 valence electrons. The third-order valence-electron chi connectivity index (χ3n) is 6.32. The van der Waals surface area contributed by atoms with Crippen molar-refractivity contribution in [3.63, 3.8) is 0 Å². The lowest BCUT2D eigenvalue weighted by molar-refractivity contribution is -0.147. The van der Waals surface area contributed by atoms with Crippen LogP contribution in [0.2, 0.25) is 0 Å². The molecule has 3 aliphatic rings. The number of thiophene rings is 2. The number of imide groups is 1. The van der Waals surface area contributed by atoms with Crippen LogP contribution in [0.4, 0.5) is 0 Å². The van der Waals surface area contributed by atoms with Crippen LogP contribution < -0.4 is 0 Å². The smallest absolute Gasteiger partial charge is 0.243 e. The summed E-state index contributed by atoms with van der Waals surface area (Å²) in [6.45, 7) is 0.504. The topological polar surface area (TPSA) is 57.7 Å². The van der Waals surface area contributed by atoms with E-state index < -0.39 is 0 Å². The maximum atomic E-state index is 13.3. The van der Waals surface area contributed by atoms with Gasteiger partial charge in [-0.2, -0.15) is 0 Å². The molecule has 3 unspecified atom stereocenters. The Morgan fingerprint density at radius 3 is 2.46 bits per heavy atom. The molecule has 2 aliphatic heterocycles. The highest BCUT2D eigenvalue weighted by Gasteiger charge is 2.49. The molecule has 2 fully saturated rings. The number of rotatable bonds is 3. The van der Waals surface area contributed by atoms with Gasteiger partial charge in [-0.15, -0.1) is 22.7 Å². The van der Waals surface area contributed by atoms with E-state index in [-0.39, 0.29) is 42.1 Å². The van der Waals surface area contributed by atoms with Gasteiger partial charge >= 0.3 is 0 Å². The van der Waals surface area contributed by atoms with E-state index in [9.17, 15) is 14.4 Å². The second-order valence-corrected chi connectivity index (χ2v) is 9.79. The molecule has 0 bridgehead atoms. The van der Waals surface area contributed by atoms with Crippen LogP contribution in [-0.2, 0) is 20.8 Å². The summed E-state index contributed by atoms with van der Waals surface area (Å²) < 4.78 is 0. The number of fused-ring (bicyclic) bond motifs is 2. The second kappa shape index (κ2) is 7.12. The van der Waals surface area contributed by atoms with Crippen LogP contribution in [-0.4, -0.2) is 40.6 Å². The SMILES string of the molecule is O=C1C2CCCCC2C(=O)N1CC(=O)N1CCc2sccc2C1c1cccs1. The largest absolute Gasteiger partial charge is 0.329 e. The maximum Gasteiger partial charge on any atom is 0.243 e. The minimum Gasteiger partial charge on any atom is -0.329 e. The van der Waals surface area contributed by atoms with Gasteiger partial charge in [0.2, 0.25) is 17.7 Å². The van der Waals surface area contributed by atoms with Crippen molar-refractivity contribution in [1.82, 2.24) is 9.80 Å². The van der Waals surface area contributed by atoms with Gasteiger partial charge in [-0.1, -0.05) is 18.9 Å². The fourth-order valence-electron chi connectivity index (χ4n) is 4.95. The molecule has 5 rings (SSSR count). The molecule has 4 heterocycles. The van der Waals surface area contributed by atoms with Gasteiger partial charge in [-0.25, -0.2) is 0 Å². The third kappa shape index (κ3) is 2.83. The third-order valence-corrected chi connectivity index (χ3v) is 8.25. The van der Waals surface area contributed by atoms with Crippen molar-refractivity contribution in [2.45, 2.75) is 38.1 Å². The molecule has 0 radical (unpaired) electrons. The summed E-state index contributed by atoms with van der Waals surface area (Å²) in [5.74, 6) is -0.803. The molecule has 0 spiro atoms. The Labute approximate surface area is 172 Å². The summed E-state index contributed by atoms with van der Waals surface area (Å²) in [5.41, 5.74) is 1.18. The molecule has 1 saturated heterocycles. The van der Waals surface area contributed by atoms with Crippen molar-refractivity contribution in [3.8, 4) is 0 Å². The van der Waals surface area contributed by atoms with E-state index in [1.54, 1.807) is 22.7 Å². The highest BCUT2D eigenvalue weighted by atomic mass is 32.1. The molecule has 2 aromatic rings. The molecule has 3 amide bonds. The summed E-state index contributed by atoms with van der Waals surface area (Å²) in [5, 5.41) is 4.11.